The van der Waals surface area contributed by atoms with Crippen LogP contribution in [0.1, 0.15) is 11.3 Å². The molecular weight excluding hydrogens is 401 g/mol. The highest BCUT2D eigenvalue weighted by molar-refractivity contribution is 7.89. The third kappa shape index (κ3) is 5.44. The Hall–Kier alpha value is -2.62. The first-order valence-corrected chi connectivity index (χ1v) is 10.8. The van der Waals surface area contributed by atoms with E-state index in [2.05, 4.69) is 15.0 Å². The minimum Gasteiger partial charge on any atom is -0.349 e. The number of rotatable bonds is 8. The summed E-state index contributed by atoms with van der Waals surface area (Å²) in [7, 11) is -4.08. The number of nitrogens with one attached hydrogen (secondary N) is 2. The van der Waals surface area contributed by atoms with Crippen molar-refractivity contribution in [1.29, 1.82) is 0 Å². The maximum atomic E-state index is 13.4. The highest BCUT2D eigenvalue weighted by atomic mass is 32.2. The van der Waals surface area contributed by atoms with Gasteiger partial charge in [-0.2, -0.15) is 4.72 Å². The number of aromatic nitrogens is 1. The summed E-state index contributed by atoms with van der Waals surface area (Å²) in [6, 6.07) is 12.6. The molecule has 1 aromatic heterocycles. The maximum absolute atomic E-state index is 13.4. The van der Waals surface area contributed by atoms with Gasteiger partial charge in [0, 0.05) is 5.38 Å². The minimum absolute atomic E-state index is 0.151. The van der Waals surface area contributed by atoms with Gasteiger partial charge in [0.1, 0.15) is 11.9 Å². The molecule has 0 aliphatic heterocycles. The number of sulfonamides is 1. The zero-order chi connectivity index (χ0) is 20.0. The molecule has 1 heterocycles. The fourth-order valence-electron chi connectivity index (χ4n) is 2.55. The second-order valence-electron chi connectivity index (χ2n) is 6.02. The third-order valence-electron chi connectivity index (χ3n) is 3.93. The Morgan fingerprint density at radius 3 is 2.61 bits per heavy atom. The van der Waals surface area contributed by atoms with E-state index in [1.54, 1.807) is 35.2 Å². The summed E-state index contributed by atoms with van der Waals surface area (Å²) in [5.41, 5.74) is 3.12. The monoisotopic (exact) mass is 419 g/mol. The molecular formula is C19H18FN3O3S2. The summed E-state index contributed by atoms with van der Waals surface area (Å²) < 4.78 is 41.1. The van der Waals surface area contributed by atoms with E-state index in [1.807, 2.05) is 6.07 Å². The molecule has 3 rings (SSSR count). The molecule has 28 heavy (non-hydrogen) atoms. The topological polar surface area (TPSA) is 88.2 Å². The van der Waals surface area contributed by atoms with Crippen molar-refractivity contribution >= 4 is 27.3 Å². The van der Waals surface area contributed by atoms with Gasteiger partial charge in [0.2, 0.25) is 15.9 Å². The average molecular weight is 420 g/mol. The van der Waals surface area contributed by atoms with Crippen LogP contribution in [0.5, 0.6) is 0 Å². The second kappa shape index (κ2) is 9.05. The number of amides is 1. The lowest BCUT2D eigenvalue weighted by Gasteiger charge is -2.18. The van der Waals surface area contributed by atoms with E-state index in [4.69, 9.17) is 0 Å². The van der Waals surface area contributed by atoms with E-state index in [9.17, 15) is 17.6 Å². The summed E-state index contributed by atoms with van der Waals surface area (Å²) >= 11 is 1.40. The number of hydrogen-bond donors (Lipinski definition) is 2. The van der Waals surface area contributed by atoms with Crippen LogP contribution in [0.25, 0.3) is 0 Å². The number of nitrogens with zero attached hydrogens (tertiary/aromatic N) is 1. The smallest absolute Gasteiger partial charge is 0.241 e. The van der Waals surface area contributed by atoms with Crippen LogP contribution in [0.2, 0.25) is 0 Å². The summed E-state index contributed by atoms with van der Waals surface area (Å²) in [6.07, 6.45) is 0.151. The molecule has 0 aliphatic rings. The first-order chi connectivity index (χ1) is 13.4. The Morgan fingerprint density at radius 1 is 1.14 bits per heavy atom. The largest absolute Gasteiger partial charge is 0.349 e. The quantitative estimate of drug-likeness (QED) is 0.587. The van der Waals surface area contributed by atoms with E-state index < -0.39 is 27.8 Å². The lowest BCUT2D eigenvalue weighted by Crippen LogP contribution is -2.47. The van der Waals surface area contributed by atoms with Gasteiger partial charge in [0.05, 0.1) is 22.6 Å². The molecule has 1 amide bonds. The SMILES string of the molecule is O=C(NCc1cscn1)[C@H](Cc1ccccc1)NS(=O)(=O)c1cccc(F)c1. The molecule has 0 aliphatic carbocycles. The zero-order valence-corrected chi connectivity index (χ0v) is 16.3. The minimum atomic E-state index is -4.08. The third-order valence-corrected chi connectivity index (χ3v) is 6.03. The van der Waals surface area contributed by atoms with Crippen molar-refractivity contribution < 1.29 is 17.6 Å². The van der Waals surface area contributed by atoms with Gasteiger partial charge in [-0.1, -0.05) is 36.4 Å². The van der Waals surface area contributed by atoms with Gasteiger partial charge in [-0.25, -0.2) is 17.8 Å². The summed E-state index contributed by atoms with van der Waals surface area (Å²) in [6.45, 7) is 0.190. The highest BCUT2D eigenvalue weighted by Crippen LogP contribution is 2.13. The van der Waals surface area contributed by atoms with Crippen LogP contribution in [0.4, 0.5) is 4.39 Å². The predicted molar refractivity (Wildman–Crippen MR) is 105 cm³/mol. The average Bonchev–Trinajstić information content (AvgIpc) is 3.20. The van der Waals surface area contributed by atoms with Crippen molar-refractivity contribution in [2.45, 2.75) is 23.9 Å². The van der Waals surface area contributed by atoms with Gasteiger partial charge in [-0.15, -0.1) is 11.3 Å². The van der Waals surface area contributed by atoms with Gasteiger partial charge >= 0.3 is 0 Å². The lowest BCUT2D eigenvalue weighted by atomic mass is 10.1. The number of hydrogen-bond acceptors (Lipinski definition) is 5. The molecule has 146 valence electrons. The van der Waals surface area contributed by atoms with E-state index >= 15 is 0 Å². The molecule has 2 aromatic carbocycles. The van der Waals surface area contributed by atoms with Gasteiger partial charge in [-0.05, 0) is 30.2 Å². The van der Waals surface area contributed by atoms with Crippen LogP contribution < -0.4 is 10.0 Å². The molecule has 0 spiro atoms. The summed E-state index contributed by atoms with van der Waals surface area (Å²) in [5, 5.41) is 4.49. The van der Waals surface area contributed by atoms with E-state index in [0.29, 0.717) is 5.69 Å². The molecule has 0 bridgehead atoms. The number of carbonyl (C=O) groups excluding carboxylic acids is 1. The summed E-state index contributed by atoms with van der Waals surface area (Å²) in [5.74, 6) is -1.16. The van der Waals surface area contributed by atoms with Gasteiger partial charge in [0.15, 0.2) is 0 Å². The molecule has 0 saturated heterocycles. The molecule has 0 radical (unpaired) electrons. The molecule has 0 unspecified atom stereocenters. The Kier molecular flexibility index (Phi) is 6.50. The van der Waals surface area contributed by atoms with E-state index in [1.165, 1.54) is 23.5 Å². The van der Waals surface area contributed by atoms with Crippen LogP contribution in [0, 0.1) is 5.82 Å². The van der Waals surface area contributed by atoms with Crippen molar-refractivity contribution in [3.8, 4) is 0 Å². The molecule has 9 heteroatoms. The first kappa shape index (κ1) is 20.1. The number of carbonyl (C=O) groups is 1. The zero-order valence-electron chi connectivity index (χ0n) is 14.7. The molecule has 0 saturated carbocycles. The molecule has 1 atom stereocenters. The van der Waals surface area contributed by atoms with Crippen LogP contribution in [-0.2, 0) is 27.8 Å². The lowest BCUT2D eigenvalue weighted by molar-refractivity contribution is -0.122. The second-order valence-corrected chi connectivity index (χ2v) is 8.45. The Bertz CT molecular complexity index is 1030. The molecule has 0 fully saturated rings. The summed E-state index contributed by atoms with van der Waals surface area (Å²) in [4.78, 5) is 16.5. The standard InChI is InChI=1S/C19H18FN3O3S2/c20-15-7-4-8-17(10-15)28(25,26)23-18(9-14-5-2-1-3-6-14)19(24)21-11-16-12-27-13-22-16/h1-8,10,12-13,18,23H,9,11H2,(H,21,24)/t18-/m0/s1. The fourth-order valence-corrected chi connectivity index (χ4v) is 4.34. The number of benzene rings is 2. The predicted octanol–water partition coefficient (Wildman–Crippen LogP) is 2.49. The van der Waals surface area contributed by atoms with E-state index in [-0.39, 0.29) is 17.9 Å². The number of halogens is 1. The first-order valence-electron chi connectivity index (χ1n) is 8.40. The van der Waals surface area contributed by atoms with Crippen LogP contribution in [0.15, 0.2) is 70.4 Å². The van der Waals surface area contributed by atoms with Crippen LogP contribution in [-0.4, -0.2) is 25.4 Å². The van der Waals surface area contributed by atoms with Crippen molar-refractivity contribution in [1.82, 2.24) is 15.0 Å². The van der Waals surface area contributed by atoms with Gasteiger partial charge < -0.3 is 5.32 Å². The van der Waals surface area contributed by atoms with Crippen molar-refractivity contribution in [2.24, 2.45) is 0 Å². The highest BCUT2D eigenvalue weighted by Gasteiger charge is 2.26. The van der Waals surface area contributed by atoms with Gasteiger partial charge in [0.25, 0.3) is 0 Å². The number of thiazole rings is 1. The van der Waals surface area contributed by atoms with Crippen molar-refractivity contribution in [2.75, 3.05) is 0 Å². The fraction of sp³-hybridized carbons (Fsp3) is 0.158. The maximum Gasteiger partial charge on any atom is 0.241 e. The van der Waals surface area contributed by atoms with Crippen molar-refractivity contribution in [3.63, 3.8) is 0 Å². The van der Waals surface area contributed by atoms with Crippen LogP contribution in [0.3, 0.4) is 0 Å². The van der Waals surface area contributed by atoms with Crippen LogP contribution >= 0.6 is 11.3 Å². The molecule has 6 nitrogen and oxygen atoms in total. The van der Waals surface area contributed by atoms with Gasteiger partial charge in [-0.3, -0.25) is 4.79 Å². The molecule has 2 N–H and O–H groups in total. The van der Waals surface area contributed by atoms with E-state index in [0.717, 1.165) is 17.7 Å². The Labute approximate surface area is 166 Å². The molecule has 3 aromatic rings. The Morgan fingerprint density at radius 2 is 1.93 bits per heavy atom. The Balaban J connectivity index is 1.79. The normalized spacial score (nSPS) is 12.5. The van der Waals surface area contributed by atoms with Crippen molar-refractivity contribution in [3.05, 3.63) is 82.6 Å².